The van der Waals surface area contributed by atoms with E-state index in [0.29, 0.717) is 12.1 Å². The average Bonchev–Trinajstić information content (AvgIpc) is 3.22. The number of hydrogen-bond donors (Lipinski definition) is 1. The molecular weight excluding hydrogens is 318 g/mol. The molecule has 1 N–H and O–H groups in total. The second-order valence-corrected chi connectivity index (χ2v) is 6.91. The SMILES string of the molecule is Cn1cc(Br)cc1C(=O)N(CC1CCCCN1)C1CC1. The normalized spacial score (nSPS) is 22.8. The summed E-state index contributed by atoms with van der Waals surface area (Å²) in [4.78, 5) is 14.9. The number of hydrogen-bond acceptors (Lipinski definition) is 2. The maximum absolute atomic E-state index is 12.8. The van der Waals surface area contributed by atoms with Crippen molar-refractivity contribution in [2.45, 2.75) is 44.2 Å². The van der Waals surface area contributed by atoms with Crippen LogP contribution in [0.2, 0.25) is 0 Å². The van der Waals surface area contributed by atoms with Gasteiger partial charge in [0.25, 0.3) is 5.91 Å². The standard InChI is InChI=1S/C15H22BrN3O/c1-18-9-11(16)8-14(18)15(20)19(13-5-6-13)10-12-4-2-3-7-17-12/h8-9,12-13,17H,2-7,10H2,1H3. The van der Waals surface area contributed by atoms with Gasteiger partial charge in [-0.1, -0.05) is 6.42 Å². The number of amides is 1. The minimum absolute atomic E-state index is 0.174. The minimum Gasteiger partial charge on any atom is -0.345 e. The van der Waals surface area contributed by atoms with Crippen LogP contribution < -0.4 is 5.32 Å². The number of aromatic nitrogens is 1. The van der Waals surface area contributed by atoms with Gasteiger partial charge in [0, 0.05) is 36.3 Å². The lowest BCUT2D eigenvalue weighted by Crippen LogP contribution is -2.47. The summed E-state index contributed by atoms with van der Waals surface area (Å²) >= 11 is 3.45. The van der Waals surface area contributed by atoms with Gasteiger partial charge in [-0.2, -0.15) is 0 Å². The molecule has 0 aromatic carbocycles. The van der Waals surface area contributed by atoms with Crippen LogP contribution in [0.1, 0.15) is 42.6 Å². The molecule has 0 bridgehead atoms. The van der Waals surface area contributed by atoms with E-state index in [1.54, 1.807) is 0 Å². The molecule has 5 heteroatoms. The molecular formula is C15H22BrN3O. The Balaban J connectivity index is 1.72. The Bertz CT molecular complexity index is 489. The Morgan fingerprint density at radius 3 is 2.80 bits per heavy atom. The number of nitrogens with one attached hydrogen (secondary N) is 1. The van der Waals surface area contributed by atoms with Crippen LogP contribution in [0.4, 0.5) is 0 Å². The van der Waals surface area contributed by atoms with E-state index in [4.69, 9.17) is 0 Å². The molecule has 1 saturated heterocycles. The third-order valence-electron chi connectivity index (χ3n) is 4.27. The fraction of sp³-hybridized carbons (Fsp3) is 0.667. The van der Waals surface area contributed by atoms with Crippen molar-refractivity contribution in [2.24, 2.45) is 7.05 Å². The fourth-order valence-electron chi connectivity index (χ4n) is 2.99. The lowest BCUT2D eigenvalue weighted by molar-refractivity contribution is 0.0708. The fourth-order valence-corrected chi connectivity index (χ4v) is 3.51. The molecule has 2 aliphatic rings. The van der Waals surface area contributed by atoms with E-state index >= 15 is 0 Å². The van der Waals surface area contributed by atoms with E-state index in [9.17, 15) is 4.79 Å². The Hall–Kier alpha value is -0.810. The molecule has 2 heterocycles. The van der Waals surface area contributed by atoms with Crippen LogP contribution in [0.25, 0.3) is 0 Å². The zero-order valence-corrected chi connectivity index (χ0v) is 13.5. The van der Waals surface area contributed by atoms with Gasteiger partial charge < -0.3 is 14.8 Å². The van der Waals surface area contributed by atoms with Crippen molar-refractivity contribution in [3.05, 3.63) is 22.4 Å². The second-order valence-electron chi connectivity index (χ2n) is 5.99. The van der Waals surface area contributed by atoms with Crippen LogP contribution in [0, 0.1) is 0 Å². The van der Waals surface area contributed by atoms with Gasteiger partial charge in [0.1, 0.15) is 5.69 Å². The Kier molecular flexibility index (Phi) is 4.17. The average molecular weight is 340 g/mol. The van der Waals surface area contributed by atoms with Gasteiger partial charge in [-0.05, 0) is 54.2 Å². The van der Waals surface area contributed by atoms with Crippen molar-refractivity contribution >= 4 is 21.8 Å². The van der Waals surface area contributed by atoms with Gasteiger partial charge in [-0.25, -0.2) is 0 Å². The first-order valence-corrected chi connectivity index (χ1v) is 8.30. The number of piperidine rings is 1. The maximum atomic E-state index is 12.8. The number of halogens is 1. The van der Waals surface area contributed by atoms with E-state index in [-0.39, 0.29) is 5.91 Å². The molecule has 1 atom stereocenters. The Labute approximate surface area is 128 Å². The van der Waals surface area contributed by atoms with E-state index in [1.807, 2.05) is 23.9 Å². The van der Waals surface area contributed by atoms with Crippen LogP contribution >= 0.6 is 15.9 Å². The molecule has 0 spiro atoms. The molecule has 1 aliphatic carbocycles. The minimum atomic E-state index is 0.174. The lowest BCUT2D eigenvalue weighted by atomic mass is 10.0. The molecule has 2 fully saturated rings. The zero-order chi connectivity index (χ0) is 14.1. The summed E-state index contributed by atoms with van der Waals surface area (Å²) in [6.45, 7) is 1.94. The van der Waals surface area contributed by atoms with Crippen LogP contribution in [-0.2, 0) is 7.05 Å². The summed E-state index contributed by atoms with van der Waals surface area (Å²) in [6.07, 6.45) is 7.98. The smallest absolute Gasteiger partial charge is 0.270 e. The number of carbonyl (C=O) groups is 1. The van der Waals surface area contributed by atoms with Crippen LogP contribution in [0.3, 0.4) is 0 Å². The molecule has 1 amide bonds. The first-order valence-electron chi connectivity index (χ1n) is 7.51. The first-order chi connectivity index (χ1) is 9.65. The largest absolute Gasteiger partial charge is 0.345 e. The molecule has 1 aliphatic heterocycles. The highest BCUT2D eigenvalue weighted by atomic mass is 79.9. The van der Waals surface area contributed by atoms with Gasteiger partial charge in [0.2, 0.25) is 0 Å². The van der Waals surface area contributed by atoms with Gasteiger partial charge in [-0.15, -0.1) is 0 Å². The second kappa shape index (κ2) is 5.90. The van der Waals surface area contributed by atoms with Crippen molar-refractivity contribution in [3.63, 3.8) is 0 Å². The predicted octanol–water partition coefficient (Wildman–Crippen LogP) is 2.53. The van der Waals surface area contributed by atoms with Gasteiger partial charge in [0.05, 0.1) is 0 Å². The Morgan fingerprint density at radius 1 is 1.45 bits per heavy atom. The van der Waals surface area contributed by atoms with E-state index in [0.717, 1.165) is 36.1 Å². The van der Waals surface area contributed by atoms with Gasteiger partial charge in [0.15, 0.2) is 0 Å². The van der Waals surface area contributed by atoms with E-state index < -0.39 is 0 Å². The highest BCUT2D eigenvalue weighted by molar-refractivity contribution is 9.10. The molecule has 1 unspecified atom stereocenters. The van der Waals surface area contributed by atoms with Crippen LogP contribution in [-0.4, -0.2) is 40.5 Å². The summed E-state index contributed by atoms with van der Waals surface area (Å²) in [6, 6.07) is 2.85. The molecule has 1 saturated carbocycles. The molecule has 110 valence electrons. The van der Waals surface area contributed by atoms with Crippen LogP contribution in [0.5, 0.6) is 0 Å². The maximum Gasteiger partial charge on any atom is 0.270 e. The molecule has 3 rings (SSSR count). The first kappa shape index (κ1) is 14.1. The monoisotopic (exact) mass is 339 g/mol. The van der Waals surface area contributed by atoms with Crippen molar-refractivity contribution < 1.29 is 4.79 Å². The van der Waals surface area contributed by atoms with E-state index in [1.165, 1.54) is 19.3 Å². The quantitative estimate of drug-likeness (QED) is 0.915. The number of carbonyl (C=O) groups excluding carboxylic acids is 1. The van der Waals surface area contributed by atoms with Gasteiger partial charge in [-0.3, -0.25) is 4.79 Å². The summed E-state index contributed by atoms with van der Waals surface area (Å²) in [7, 11) is 1.93. The van der Waals surface area contributed by atoms with Crippen LogP contribution in [0.15, 0.2) is 16.7 Å². The molecule has 4 nitrogen and oxygen atoms in total. The zero-order valence-electron chi connectivity index (χ0n) is 11.9. The summed E-state index contributed by atoms with van der Waals surface area (Å²) in [5.74, 6) is 0.174. The summed E-state index contributed by atoms with van der Waals surface area (Å²) in [5.41, 5.74) is 0.777. The number of rotatable bonds is 4. The van der Waals surface area contributed by atoms with Crippen molar-refractivity contribution in [2.75, 3.05) is 13.1 Å². The summed E-state index contributed by atoms with van der Waals surface area (Å²) < 4.78 is 2.88. The number of nitrogens with zero attached hydrogens (tertiary/aromatic N) is 2. The molecule has 0 radical (unpaired) electrons. The van der Waals surface area contributed by atoms with Gasteiger partial charge >= 0.3 is 0 Å². The lowest BCUT2D eigenvalue weighted by Gasteiger charge is -2.31. The topological polar surface area (TPSA) is 37.3 Å². The predicted molar refractivity (Wildman–Crippen MR) is 82.8 cm³/mol. The number of aryl methyl sites for hydroxylation is 1. The molecule has 1 aromatic heterocycles. The third kappa shape index (κ3) is 3.09. The summed E-state index contributed by atoms with van der Waals surface area (Å²) in [5, 5.41) is 3.55. The van der Waals surface area contributed by atoms with Crippen molar-refractivity contribution in [3.8, 4) is 0 Å². The van der Waals surface area contributed by atoms with Crippen molar-refractivity contribution in [1.29, 1.82) is 0 Å². The van der Waals surface area contributed by atoms with Crippen molar-refractivity contribution in [1.82, 2.24) is 14.8 Å². The molecule has 1 aromatic rings. The molecule has 20 heavy (non-hydrogen) atoms. The Morgan fingerprint density at radius 2 is 2.25 bits per heavy atom. The third-order valence-corrected chi connectivity index (χ3v) is 4.70. The highest BCUT2D eigenvalue weighted by Gasteiger charge is 2.35. The highest BCUT2D eigenvalue weighted by Crippen LogP contribution is 2.29. The van der Waals surface area contributed by atoms with E-state index in [2.05, 4.69) is 26.1 Å².